The molecule has 0 saturated heterocycles. The number of anilines is 1. The zero-order valence-electron chi connectivity index (χ0n) is 14.6. The number of rotatable bonds is 5. The molecule has 3 heteroatoms. The summed E-state index contributed by atoms with van der Waals surface area (Å²) in [4.78, 5) is 14.4. The Morgan fingerprint density at radius 1 is 0.870 bits per heavy atom. The summed E-state index contributed by atoms with van der Waals surface area (Å²) in [7, 11) is 3.97. The molecule has 0 aromatic heterocycles. The van der Waals surface area contributed by atoms with Crippen LogP contribution in [0.25, 0.3) is 0 Å². The minimum absolute atomic E-state index is 0.0164. The third kappa shape index (κ3) is 4.35. The van der Waals surface area contributed by atoms with Crippen LogP contribution in [0.5, 0.6) is 0 Å². The highest BCUT2D eigenvalue weighted by Crippen LogP contribution is 2.19. The van der Waals surface area contributed by atoms with Crippen LogP contribution in [0.15, 0.2) is 48.5 Å². The van der Waals surface area contributed by atoms with E-state index in [0.717, 1.165) is 11.3 Å². The highest BCUT2D eigenvalue weighted by molar-refractivity contribution is 5.94. The van der Waals surface area contributed by atoms with Gasteiger partial charge in [0.15, 0.2) is 0 Å². The molecule has 1 N–H and O–H groups in total. The van der Waals surface area contributed by atoms with E-state index in [1.54, 1.807) is 0 Å². The van der Waals surface area contributed by atoms with Crippen molar-refractivity contribution in [2.75, 3.05) is 19.0 Å². The lowest BCUT2D eigenvalue weighted by Crippen LogP contribution is -2.26. The minimum Gasteiger partial charge on any atom is -0.378 e. The second-order valence-electron chi connectivity index (χ2n) is 6.46. The smallest absolute Gasteiger partial charge is 0.251 e. The van der Waals surface area contributed by atoms with Crippen molar-refractivity contribution in [3.05, 3.63) is 65.2 Å². The Morgan fingerprint density at radius 3 is 1.87 bits per heavy atom. The minimum atomic E-state index is -0.0456. The quantitative estimate of drug-likeness (QED) is 0.889. The van der Waals surface area contributed by atoms with Gasteiger partial charge in [0.1, 0.15) is 0 Å². The van der Waals surface area contributed by atoms with Crippen LogP contribution in [0.2, 0.25) is 0 Å². The standard InChI is InChI=1S/C20H26N2O/c1-14(2)16-6-8-17(9-7-16)15(3)21-20(23)18-10-12-19(13-11-18)22(4)5/h6-15H,1-5H3,(H,21,23). The van der Waals surface area contributed by atoms with E-state index in [9.17, 15) is 4.79 Å². The maximum Gasteiger partial charge on any atom is 0.251 e. The molecule has 0 heterocycles. The summed E-state index contributed by atoms with van der Waals surface area (Å²) in [6.07, 6.45) is 0. The number of benzene rings is 2. The van der Waals surface area contributed by atoms with Gasteiger partial charge in [-0.2, -0.15) is 0 Å². The topological polar surface area (TPSA) is 32.3 Å². The van der Waals surface area contributed by atoms with Crippen LogP contribution in [0, 0.1) is 0 Å². The fraction of sp³-hybridized carbons (Fsp3) is 0.350. The monoisotopic (exact) mass is 310 g/mol. The molecule has 0 fully saturated rings. The van der Waals surface area contributed by atoms with Crippen molar-refractivity contribution in [2.45, 2.75) is 32.7 Å². The molecule has 1 amide bonds. The van der Waals surface area contributed by atoms with Crippen LogP contribution in [-0.2, 0) is 0 Å². The molecule has 0 bridgehead atoms. The van der Waals surface area contributed by atoms with Crippen molar-refractivity contribution in [1.82, 2.24) is 5.32 Å². The van der Waals surface area contributed by atoms with Crippen molar-refractivity contribution in [3.8, 4) is 0 Å². The Labute approximate surface area is 139 Å². The molecule has 0 spiro atoms. The number of nitrogens with one attached hydrogen (secondary N) is 1. The molecule has 2 rings (SSSR count). The predicted octanol–water partition coefficient (Wildman–Crippen LogP) is 4.37. The van der Waals surface area contributed by atoms with Crippen LogP contribution in [0.3, 0.4) is 0 Å². The number of carbonyl (C=O) groups excluding carboxylic acids is 1. The highest BCUT2D eigenvalue weighted by atomic mass is 16.1. The van der Waals surface area contributed by atoms with E-state index in [0.29, 0.717) is 11.5 Å². The first kappa shape index (κ1) is 17.1. The van der Waals surface area contributed by atoms with Crippen LogP contribution in [0.1, 0.15) is 54.2 Å². The fourth-order valence-electron chi connectivity index (χ4n) is 2.44. The summed E-state index contributed by atoms with van der Waals surface area (Å²) in [5.74, 6) is 0.472. The predicted molar refractivity (Wildman–Crippen MR) is 97.2 cm³/mol. The summed E-state index contributed by atoms with van der Waals surface area (Å²) in [6, 6.07) is 16.1. The van der Waals surface area contributed by atoms with Gasteiger partial charge in [-0.15, -0.1) is 0 Å². The molecule has 0 saturated carbocycles. The van der Waals surface area contributed by atoms with Crippen LogP contribution in [0.4, 0.5) is 5.69 Å². The first-order valence-electron chi connectivity index (χ1n) is 8.06. The van der Waals surface area contributed by atoms with Gasteiger partial charge < -0.3 is 10.2 Å². The van der Waals surface area contributed by atoms with Crippen molar-refractivity contribution >= 4 is 11.6 Å². The van der Waals surface area contributed by atoms with Gasteiger partial charge in [-0.1, -0.05) is 38.1 Å². The Bertz CT molecular complexity index is 642. The van der Waals surface area contributed by atoms with Crippen molar-refractivity contribution in [1.29, 1.82) is 0 Å². The van der Waals surface area contributed by atoms with Crippen molar-refractivity contribution < 1.29 is 4.79 Å². The maximum atomic E-state index is 12.4. The SMILES string of the molecule is CC(C)c1ccc(C(C)NC(=O)c2ccc(N(C)C)cc2)cc1. The van der Waals surface area contributed by atoms with Gasteiger partial charge in [0, 0.05) is 25.3 Å². The van der Waals surface area contributed by atoms with Gasteiger partial charge in [0.25, 0.3) is 5.91 Å². The largest absolute Gasteiger partial charge is 0.378 e. The van der Waals surface area contributed by atoms with Crippen molar-refractivity contribution in [2.24, 2.45) is 0 Å². The molecule has 1 atom stereocenters. The average molecular weight is 310 g/mol. The van der Waals surface area contributed by atoms with Gasteiger partial charge in [0.2, 0.25) is 0 Å². The number of hydrogen-bond acceptors (Lipinski definition) is 2. The Morgan fingerprint density at radius 2 is 1.39 bits per heavy atom. The normalized spacial score (nSPS) is 12.1. The van der Waals surface area contributed by atoms with Crippen LogP contribution < -0.4 is 10.2 Å². The average Bonchev–Trinajstić information content (AvgIpc) is 2.54. The summed E-state index contributed by atoms with van der Waals surface area (Å²) < 4.78 is 0. The Balaban J connectivity index is 2.04. The lowest BCUT2D eigenvalue weighted by molar-refractivity contribution is 0.0940. The molecule has 2 aromatic carbocycles. The van der Waals surface area contributed by atoms with Crippen molar-refractivity contribution in [3.63, 3.8) is 0 Å². The van der Waals surface area contributed by atoms with E-state index in [4.69, 9.17) is 0 Å². The van der Waals surface area contributed by atoms with Gasteiger partial charge >= 0.3 is 0 Å². The molecular weight excluding hydrogens is 284 g/mol. The molecule has 23 heavy (non-hydrogen) atoms. The van der Waals surface area contributed by atoms with E-state index >= 15 is 0 Å². The van der Waals surface area contributed by atoms with Gasteiger partial charge in [0.05, 0.1) is 6.04 Å². The molecule has 1 unspecified atom stereocenters. The van der Waals surface area contributed by atoms with E-state index in [-0.39, 0.29) is 11.9 Å². The molecule has 2 aromatic rings. The van der Waals surface area contributed by atoms with Crippen LogP contribution >= 0.6 is 0 Å². The molecule has 0 aliphatic heterocycles. The number of nitrogens with zero attached hydrogens (tertiary/aromatic N) is 1. The Hall–Kier alpha value is -2.29. The zero-order chi connectivity index (χ0) is 17.0. The molecule has 0 aliphatic carbocycles. The second kappa shape index (κ2) is 7.32. The first-order valence-corrected chi connectivity index (χ1v) is 8.06. The Kier molecular flexibility index (Phi) is 5.43. The lowest BCUT2D eigenvalue weighted by atomic mass is 9.99. The third-order valence-electron chi connectivity index (χ3n) is 4.10. The second-order valence-corrected chi connectivity index (χ2v) is 6.46. The van der Waals surface area contributed by atoms with Crippen LogP contribution in [-0.4, -0.2) is 20.0 Å². The molecule has 3 nitrogen and oxygen atoms in total. The maximum absolute atomic E-state index is 12.4. The molecular formula is C20H26N2O. The summed E-state index contributed by atoms with van der Waals surface area (Å²) in [5, 5.41) is 3.06. The summed E-state index contributed by atoms with van der Waals surface area (Å²) >= 11 is 0. The highest BCUT2D eigenvalue weighted by Gasteiger charge is 2.12. The third-order valence-corrected chi connectivity index (χ3v) is 4.10. The lowest BCUT2D eigenvalue weighted by Gasteiger charge is -2.16. The van der Waals surface area contributed by atoms with E-state index < -0.39 is 0 Å². The first-order chi connectivity index (χ1) is 10.9. The van der Waals surface area contributed by atoms with Gasteiger partial charge in [-0.3, -0.25) is 4.79 Å². The van der Waals surface area contributed by atoms with Gasteiger partial charge in [-0.05, 0) is 48.2 Å². The van der Waals surface area contributed by atoms with E-state index in [1.165, 1.54) is 5.56 Å². The molecule has 0 radical (unpaired) electrons. The number of carbonyl (C=O) groups is 1. The number of hydrogen-bond donors (Lipinski definition) is 1. The van der Waals surface area contributed by atoms with E-state index in [1.807, 2.05) is 50.2 Å². The summed E-state index contributed by atoms with van der Waals surface area (Å²) in [5.41, 5.74) is 4.19. The zero-order valence-corrected chi connectivity index (χ0v) is 14.6. The molecule has 122 valence electrons. The fourth-order valence-corrected chi connectivity index (χ4v) is 2.44. The summed E-state index contributed by atoms with van der Waals surface area (Å²) in [6.45, 7) is 6.37. The van der Waals surface area contributed by atoms with E-state index in [2.05, 4.69) is 43.4 Å². The van der Waals surface area contributed by atoms with Gasteiger partial charge in [-0.25, -0.2) is 0 Å². The number of amides is 1. The molecule has 0 aliphatic rings.